The standard InChI is InChI=1S/C11H11N3OS/c1-8-12-11(16-14-8)13-10(15)7-9-5-3-2-4-6-9/h2-6H,7H2,1H3,(H,12,13,14,15). The SMILES string of the molecule is Cc1nsc(NC(=O)Cc2ccccc2)n1. The Kier molecular flexibility index (Phi) is 3.26. The van der Waals surface area contributed by atoms with Gasteiger partial charge in [-0.2, -0.15) is 4.37 Å². The fourth-order valence-electron chi connectivity index (χ4n) is 1.29. The number of aryl methyl sites for hydroxylation is 1. The highest BCUT2D eigenvalue weighted by Crippen LogP contribution is 2.10. The summed E-state index contributed by atoms with van der Waals surface area (Å²) in [6.45, 7) is 1.79. The third-order valence-corrected chi connectivity index (χ3v) is 2.70. The van der Waals surface area contributed by atoms with E-state index in [1.165, 1.54) is 11.5 Å². The molecule has 0 bridgehead atoms. The Morgan fingerprint density at radius 1 is 1.38 bits per heavy atom. The number of nitrogens with zero attached hydrogens (tertiary/aromatic N) is 2. The van der Waals surface area contributed by atoms with Gasteiger partial charge in [-0.3, -0.25) is 4.79 Å². The second-order valence-electron chi connectivity index (χ2n) is 3.36. The fraction of sp³-hybridized carbons (Fsp3) is 0.182. The van der Waals surface area contributed by atoms with Crippen molar-refractivity contribution >= 4 is 22.6 Å². The molecule has 2 rings (SSSR count). The third kappa shape index (κ3) is 2.87. The molecular weight excluding hydrogens is 222 g/mol. The normalized spacial score (nSPS) is 10.1. The number of amides is 1. The Bertz CT molecular complexity index is 481. The van der Waals surface area contributed by atoms with Crippen LogP contribution in [0.3, 0.4) is 0 Å². The first-order valence-electron chi connectivity index (χ1n) is 4.88. The lowest BCUT2D eigenvalue weighted by atomic mass is 10.1. The summed E-state index contributed by atoms with van der Waals surface area (Å²) in [5.74, 6) is 0.613. The molecule has 5 heteroatoms. The van der Waals surface area contributed by atoms with Crippen molar-refractivity contribution in [1.82, 2.24) is 9.36 Å². The van der Waals surface area contributed by atoms with E-state index >= 15 is 0 Å². The van der Waals surface area contributed by atoms with Gasteiger partial charge in [0.05, 0.1) is 6.42 Å². The van der Waals surface area contributed by atoms with Gasteiger partial charge in [0.25, 0.3) is 0 Å². The summed E-state index contributed by atoms with van der Waals surface area (Å²) < 4.78 is 3.99. The predicted molar refractivity (Wildman–Crippen MR) is 63.4 cm³/mol. The van der Waals surface area contributed by atoms with E-state index in [9.17, 15) is 4.79 Å². The number of carbonyl (C=O) groups excluding carboxylic acids is 1. The predicted octanol–water partition coefficient (Wildman–Crippen LogP) is 2.03. The molecule has 16 heavy (non-hydrogen) atoms. The molecule has 0 saturated carbocycles. The number of aromatic nitrogens is 2. The van der Waals surface area contributed by atoms with Gasteiger partial charge in [-0.15, -0.1) is 0 Å². The van der Waals surface area contributed by atoms with Gasteiger partial charge in [-0.1, -0.05) is 30.3 Å². The van der Waals surface area contributed by atoms with Crippen molar-refractivity contribution in [1.29, 1.82) is 0 Å². The van der Waals surface area contributed by atoms with E-state index in [-0.39, 0.29) is 5.91 Å². The van der Waals surface area contributed by atoms with Crippen LogP contribution in [-0.4, -0.2) is 15.3 Å². The molecule has 0 radical (unpaired) electrons. The molecule has 0 fully saturated rings. The maximum atomic E-state index is 11.6. The van der Waals surface area contributed by atoms with Crippen molar-refractivity contribution in [3.8, 4) is 0 Å². The molecule has 2 aromatic rings. The van der Waals surface area contributed by atoms with Gasteiger partial charge < -0.3 is 5.32 Å². The van der Waals surface area contributed by atoms with Crippen molar-refractivity contribution in [2.45, 2.75) is 13.3 Å². The van der Waals surface area contributed by atoms with Crippen molar-refractivity contribution < 1.29 is 4.79 Å². The van der Waals surface area contributed by atoms with Crippen LogP contribution in [0.15, 0.2) is 30.3 Å². The Morgan fingerprint density at radius 3 is 2.75 bits per heavy atom. The van der Waals surface area contributed by atoms with Crippen LogP contribution >= 0.6 is 11.5 Å². The van der Waals surface area contributed by atoms with Crippen LogP contribution in [-0.2, 0) is 11.2 Å². The molecule has 4 nitrogen and oxygen atoms in total. The lowest BCUT2D eigenvalue weighted by Gasteiger charge is -2.00. The van der Waals surface area contributed by atoms with Gasteiger partial charge in [0.15, 0.2) is 0 Å². The van der Waals surface area contributed by atoms with Crippen LogP contribution < -0.4 is 5.32 Å². The van der Waals surface area contributed by atoms with E-state index in [4.69, 9.17) is 0 Å². The Balaban J connectivity index is 1.95. The number of benzene rings is 1. The number of anilines is 1. The lowest BCUT2D eigenvalue weighted by Crippen LogP contribution is -2.14. The zero-order valence-corrected chi connectivity index (χ0v) is 9.62. The summed E-state index contributed by atoms with van der Waals surface area (Å²) in [4.78, 5) is 15.7. The van der Waals surface area contributed by atoms with Gasteiger partial charge in [0.1, 0.15) is 5.82 Å². The molecule has 0 aliphatic rings. The quantitative estimate of drug-likeness (QED) is 0.882. The molecule has 0 atom stereocenters. The van der Waals surface area contributed by atoms with E-state index in [1.54, 1.807) is 6.92 Å². The highest BCUT2D eigenvalue weighted by molar-refractivity contribution is 7.09. The first-order chi connectivity index (χ1) is 7.74. The van der Waals surface area contributed by atoms with Gasteiger partial charge in [0, 0.05) is 11.5 Å². The zero-order valence-electron chi connectivity index (χ0n) is 8.80. The second-order valence-corrected chi connectivity index (χ2v) is 4.11. The Hall–Kier alpha value is -1.75. The Labute approximate surface area is 97.5 Å². The largest absolute Gasteiger partial charge is 0.300 e. The highest BCUT2D eigenvalue weighted by atomic mass is 32.1. The number of nitrogens with one attached hydrogen (secondary N) is 1. The minimum absolute atomic E-state index is 0.0673. The molecule has 0 spiro atoms. The third-order valence-electron chi connectivity index (χ3n) is 1.98. The van der Waals surface area contributed by atoms with Crippen LogP contribution in [0.2, 0.25) is 0 Å². The molecule has 0 aliphatic carbocycles. The van der Waals surface area contributed by atoms with Crippen LogP contribution in [0, 0.1) is 6.92 Å². The first kappa shape index (κ1) is 10.8. The molecule has 82 valence electrons. The number of hydrogen-bond acceptors (Lipinski definition) is 4. The minimum atomic E-state index is -0.0673. The van der Waals surface area contributed by atoms with Crippen LogP contribution in [0.4, 0.5) is 5.13 Å². The first-order valence-corrected chi connectivity index (χ1v) is 5.65. The van der Waals surface area contributed by atoms with Crippen molar-refractivity contribution in [2.75, 3.05) is 5.32 Å². The molecular formula is C11H11N3OS. The summed E-state index contributed by atoms with van der Waals surface area (Å²) in [6, 6.07) is 9.60. The van der Waals surface area contributed by atoms with Gasteiger partial charge in [0.2, 0.25) is 11.0 Å². The molecule has 1 amide bonds. The van der Waals surface area contributed by atoms with Crippen molar-refractivity contribution in [3.05, 3.63) is 41.7 Å². The average Bonchev–Trinajstić information content (AvgIpc) is 2.65. The maximum absolute atomic E-state index is 11.6. The van der Waals surface area contributed by atoms with Gasteiger partial charge in [-0.05, 0) is 12.5 Å². The van der Waals surface area contributed by atoms with E-state index in [0.717, 1.165) is 5.56 Å². The van der Waals surface area contributed by atoms with Crippen molar-refractivity contribution in [3.63, 3.8) is 0 Å². The average molecular weight is 233 g/mol. The highest BCUT2D eigenvalue weighted by Gasteiger charge is 2.06. The number of rotatable bonds is 3. The molecule has 0 saturated heterocycles. The number of hydrogen-bond donors (Lipinski definition) is 1. The van der Waals surface area contributed by atoms with Crippen LogP contribution in [0.1, 0.15) is 11.4 Å². The minimum Gasteiger partial charge on any atom is -0.300 e. The van der Waals surface area contributed by atoms with Gasteiger partial charge in [-0.25, -0.2) is 4.98 Å². The molecule has 0 aliphatic heterocycles. The summed E-state index contributed by atoms with van der Waals surface area (Å²) in [5, 5.41) is 3.27. The monoisotopic (exact) mass is 233 g/mol. The molecule has 1 aromatic heterocycles. The summed E-state index contributed by atoms with van der Waals surface area (Å²) in [6.07, 6.45) is 0.361. The van der Waals surface area contributed by atoms with Gasteiger partial charge >= 0.3 is 0 Å². The Morgan fingerprint density at radius 2 is 2.12 bits per heavy atom. The van der Waals surface area contributed by atoms with E-state index < -0.39 is 0 Å². The maximum Gasteiger partial charge on any atom is 0.230 e. The zero-order chi connectivity index (χ0) is 11.4. The molecule has 1 N–H and O–H groups in total. The smallest absolute Gasteiger partial charge is 0.230 e. The number of carbonyl (C=O) groups is 1. The van der Waals surface area contributed by atoms with E-state index in [0.29, 0.717) is 17.4 Å². The lowest BCUT2D eigenvalue weighted by molar-refractivity contribution is -0.115. The second kappa shape index (κ2) is 4.85. The molecule has 0 unspecified atom stereocenters. The summed E-state index contributed by atoms with van der Waals surface area (Å²) in [5.41, 5.74) is 0.987. The summed E-state index contributed by atoms with van der Waals surface area (Å²) in [7, 11) is 0. The van der Waals surface area contributed by atoms with Crippen LogP contribution in [0.5, 0.6) is 0 Å². The van der Waals surface area contributed by atoms with E-state index in [1.807, 2.05) is 30.3 Å². The van der Waals surface area contributed by atoms with Crippen LogP contribution in [0.25, 0.3) is 0 Å². The summed E-state index contributed by atoms with van der Waals surface area (Å²) >= 11 is 1.20. The van der Waals surface area contributed by atoms with E-state index in [2.05, 4.69) is 14.7 Å². The molecule has 1 heterocycles. The van der Waals surface area contributed by atoms with Crippen molar-refractivity contribution in [2.24, 2.45) is 0 Å². The molecule has 1 aromatic carbocycles. The fourth-order valence-corrected chi connectivity index (χ4v) is 1.88. The topological polar surface area (TPSA) is 54.9 Å².